The van der Waals surface area contributed by atoms with E-state index in [1.807, 2.05) is 0 Å². The van der Waals surface area contributed by atoms with E-state index in [-0.39, 0.29) is 0 Å². The summed E-state index contributed by atoms with van der Waals surface area (Å²) < 4.78 is 39.2. The van der Waals surface area contributed by atoms with Crippen molar-refractivity contribution in [2.75, 3.05) is 5.32 Å². The zero-order valence-electron chi connectivity index (χ0n) is 14.6. The van der Waals surface area contributed by atoms with Crippen LogP contribution in [0.1, 0.15) is 53.4 Å². The number of halogens is 3. The number of aryl methyl sites for hydroxylation is 2. The number of aromatic nitrogens is 2. The third-order valence-electron chi connectivity index (χ3n) is 5.23. The third kappa shape index (κ3) is 3.18. The maximum absolute atomic E-state index is 13.1. The van der Waals surface area contributed by atoms with E-state index in [9.17, 15) is 13.2 Å². The molecule has 1 fully saturated rings. The Labute approximate surface area is 158 Å². The van der Waals surface area contributed by atoms with Crippen LogP contribution in [0.15, 0.2) is 24.3 Å². The van der Waals surface area contributed by atoms with Crippen LogP contribution < -0.4 is 5.32 Å². The molecule has 0 aliphatic heterocycles. The lowest BCUT2D eigenvalue weighted by Crippen LogP contribution is -2.06. The second-order valence-corrected chi connectivity index (χ2v) is 8.38. The fraction of sp³-hybridized carbons (Fsp3) is 0.400. The summed E-state index contributed by atoms with van der Waals surface area (Å²) in [5.41, 5.74) is 1.02. The van der Waals surface area contributed by atoms with E-state index < -0.39 is 11.7 Å². The first-order chi connectivity index (χ1) is 13.0. The summed E-state index contributed by atoms with van der Waals surface area (Å²) >= 11 is 1.72. The standard InChI is InChI=1S/C20H18F3N3S/c21-20(22,23)12-4-3-5-13(10-12)24-18-16-14-6-1-2-7-15(14)27-19(16)26-17(25-18)11-8-9-11/h3-5,10-11H,1-2,6-9H2,(H,24,25,26). The second-order valence-electron chi connectivity index (χ2n) is 7.30. The molecule has 0 bridgehead atoms. The zero-order chi connectivity index (χ0) is 18.6. The maximum atomic E-state index is 13.1. The Morgan fingerprint density at radius 1 is 1.07 bits per heavy atom. The molecule has 2 aliphatic carbocycles. The number of anilines is 2. The topological polar surface area (TPSA) is 37.8 Å². The van der Waals surface area contributed by atoms with Gasteiger partial charge in [-0.25, -0.2) is 9.97 Å². The van der Waals surface area contributed by atoms with E-state index in [4.69, 9.17) is 9.97 Å². The predicted molar refractivity (Wildman–Crippen MR) is 101 cm³/mol. The molecule has 7 heteroatoms. The summed E-state index contributed by atoms with van der Waals surface area (Å²) in [6, 6.07) is 5.31. The number of benzene rings is 1. The van der Waals surface area contributed by atoms with Crippen LogP contribution in [0.3, 0.4) is 0 Å². The summed E-state index contributed by atoms with van der Waals surface area (Å²) in [6.45, 7) is 0. The van der Waals surface area contributed by atoms with Crippen molar-refractivity contribution < 1.29 is 13.2 Å². The molecule has 2 aromatic heterocycles. The van der Waals surface area contributed by atoms with Gasteiger partial charge >= 0.3 is 6.18 Å². The van der Waals surface area contributed by atoms with Crippen LogP contribution >= 0.6 is 11.3 Å². The molecule has 3 nitrogen and oxygen atoms in total. The molecule has 3 aromatic rings. The highest BCUT2D eigenvalue weighted by molar-refractivity contribution is 7.19. The fourth-order valence-electron chi connectivity index (χ4n) is 3.70. The van der Waals surface area contributed by atoms with Gasteiger partial charge in [0.1, 0.15) is 16.5 Å². The Bertz CT molecular complexity index is 1020. The van der Waals surface area contributed by atoms with Crippen LogP contribution in [0.4, 0.5) is 24.7 Å². The largest absolute Gasteiger partial charge is 0.416 e. The average molecular weight is 389 g/mol. The van der Waals surface area contributed by atoms with Gasteiger partial charge in [-0.2, -0.15) is 13.2 Å². The lowest BCUT2D eigenvalue weighted by molar-refractivity contribution is -0.137. The Kier molecular flexibility index (Phi) is 3.89. The van der Waals surface area contributed by atoms with E-state index in [0.29, 0.717) is 17.4 Å². The lowest BCUT2D eigenvalue weighted by atomic mass is 9.97. The molecule has 1 aromatic carbocycles. The van der Waals surface area contributed by atoms with Crippen molar-refractivity contribution in [2.45, 2.75) is 50.6 Å². The first kappa shape index (κ1) is 17.0. The van der Waals surface area contributed by atoms with Gasteiger partial charge in [-0.15, -0.1) is 11.3 Å². The first-order valence-corrected chi connectivity index (χ1v) is 10.1. The minimum Gasteiger partial charge on any atom is -0.340 e. The molecular weight excluding hydrogens is 371 g/mol. The van der Waals surface area contributed by atoms with E-state index in [1.54, 1.807) is 17.4 Å². The average Bonchev–Trinajstić information content (AvgIpc) is 3.41. The molecule has 2 heterocycles. The Balaban J connectivity index is 1.62. The third-order valence-corrected chi connectivity index (χ3v) is 6.41. The number of thiophene rings is 1. The molecule has 27 heavy (non-hydrogen) atoms. The summed E-state index contributed by atoms with van der Waals surface area (Å²) in [6.07, 6.45) is 2.15. The van der Waals surface area contributed by atoms with Crippen LogP contribution in [-0.2, 0) is 19.0 Å². The molecule has 0 atom stereocenters. The molecular formula is C20H18F3N3S. The van der Waals surface area contributed by atoms with Crippen molar-refractivity contribution in [3.8, 4) is 0 Å². The van der Waals surface area contributed by atoms with Crippen LogP contribution in [0.5, 0.6) is 0 Å². The number of fused-ring (bicyclic) bond motifs is 3. The van der Waals surface area contributed by atoms with Crippen molar-refractivity contribution in [1.82, 2.24) is 9.97 Å². The number of hydrogen-bond donors (Lipinski definition) is 1. The normalized spacial score (nSPS) is 17.1. The van der Waals surface area contributed by atoms with Crippen LogP contribution in [0.2, 0.25) is 0 Å². The summed E-state index contributed by atoms with van der Waals surface area (Å²) in [4.78, 5) is 11.8. The number of nitrogens with zero attached hydrogens (tertiary/aromatic N) is 2. The van der Waals surface area contributed by atoms with E-state index >= 15 is 0 Å². The number of alkyl halides is 3. The van der Waals surface area contributed by atoms with Crippen molar-refractivity contribution in [3.05, 3.63) is 46.1 Å². The van der Waals surface area contributed by atoms with Crippen molar-refractivity contribution >= 4 is 33.1 Å². The minimum atomic E-state index is -4.36. The summed E-state index contributed by atoms with van der Waals surface area (Å²) in [5.74, 6) is 1.85. The first-order valence-electron chi connectivity index (χ1n) is 9.25. The van der Waals surface area contributed by atoms with Crippen molar-refractivity contribution in [1.29, 1.82) is 0 Å². The van der Waals surface area contributed by atoms with Gasteiger partial charge in [-0.05, 0) is 62.3 Å². The molecule has 0 saturated heterocycles. The molecule has 1 saturated carbocycles. The molecule has 0 unspecified atom stereocenters. The molecule has 0 amide bonds. The van der Waals surface area contributed by atoms with Crippen molar-refractivity contribution in [3.63, 3.8) is 0 Å². The van der Waals surface area contributed by atoms with Crippen LogP contribution in [0.25, 0.3) is 10.2 Å². The van der Waals surface area contributed by atoms with Crippen molar-refractivity contribution in [2.24, 2.45) is 0 Å². The lowest BCUT2D eigenvalue weighted by Gasteiger charge is -2.14. The van der Waals surface area contributed by atoms with Gasteiger partial charge < -0.3 is 5.32 Å². The van der Waals surface area contributed by atoms with Gasteiger partial charge in [-0.1, -0.05) is 6.07 Å². The number of rotatable bonds is 3. The Hall–Kier alpha value is -2.15. The van der Waals surface area contributed by atoms with Gasteiger partial charge in [0.2, 0.25) is 0 Å². The van der Waals surface area contributed by atoms with Gasteiger partial charge in [0.15, 0.2) is 0 Å². The van der Waals surface area contributed by atoms with Crippen LogP contribution in [-0.4, -0.2) is 9.97 Å². The molecule has 1 N–H and O–H groups in total. The maximum Gasteiger partial charge on any atom is 0.416 e. The minimum absolute atomic E-state index is 0.385. The van der Waals surface area contributed by atoms with E-state index in [1.165, 1.54) is 22.9 Å². The van der Waals surface area contributed by atoms with Gasteiger partial charge in [0.05, 0.1) is 10.9 Å². The molecule has 0 spiro atoms. The summed E-state index contributed by atoms with van der Waals surface area (Å²) in [5, 5.41) is 4.17. The summed E-state index contributed by atoms with van der Waals surface area (Å²) in [7, 11) is 0. The van der Waals surface area contributed by atoms with Crippen LogP contribution in [0, 0.1) is 0 Å². The highest BCUT2D eigenvalue weighted by atomic mass is 32.1. The van der Waals surface area contributed by atoms with Gasteiger partial charge in [0.25, 0.3) is 0 Å². The monoisotopic (exact) mass is 389 g/mol. The smallest absolute Gasteiger partial charge is 0.340 e. The molecule has 2 aliphatic rings. The highest BCUT2D eigenvalue weighted by Gasteiger charge is 2.31. The molecule has 5 rings (SSSR count). The SMILES string of the molecule is FC(F)(F)c1cccc(Nc2nc(C3CC3)nc3sc4c(c23)CCCC4)c1. The van der Waals surface area contributed by atoms with Gasteiger partial charge in [-0.3, -0.25) is 0 Å². The molecule has 140 valence electrons. The predicted octanol–water partition coefficient (Wildman–Crippen LogP) is 6.21. The Morgan fingerprint density at radius 2 is 1.89 bits per heavy atom. The number of nitrogens with one attached hydrogen (secondary N) is 1. The second kappa shape index (κ2) is 6.19. The highest BCUT2D eigenvalue weighted by Crippen LogP contribution is 2.44. The van der Waals surface area contributed by atoms with E-state index in [0.717, 1.165) is 60.3 Å². The number of hydrogen-bond acceptors (Lipinski definition) is 4. The Morgan fingerprint density at radius 3 is 2.67 bits per heavy atom. The molecule has 0 radical (unpaired) electrons. The zero-order valence-corrected chi connectivity index (χ0v) is 15.4. The fourth-order valence-corrected chi connectivity index (χ4v) is 4.97. The van der Waals surface area contributed by atoms with E-state index in [2.05, 4.69) is 5.32 Å². The van der Waals surface area contributed by atoms with Gasteiger partial charge in [0, 0.05) is 16.5 Å². The quantitative estimate of drug-likeness (QED) is 0.579.